The summed E-state index contributed by atoms with van der Waals surface area (Å²) in [6.45, 7) is 5.02. The van der Waals surface area contributed by atoms with E-state index in [-0.39, 0.29) is 0 Å². The number of nitrogens with one attached hydrogen (secondary N) is 1. The molecule has 2 aromatic carbocycles. The van der Waals surface area contributed by atoms with Gasteiger partial charge in [0.05, 0.1) is 16.3 Å². The fourth-order valence-electron chi connectivity index (χ4n) is 2.82. The molecular formula is C19H22ClN3O2S. The first-order valence-corrected chi connectivity index (χ1v) is 10.4. The second-order valence-electron chi connectivity index (χ2n) is 6.41. The minimum atomic E-state index is -3.38. The van der Waals surface area contributed by atoms with Crippen LogP contribution in [0.25, 0.3) is 0 Å². The molecule has 0 saturated carbocycles. The second-order valence-corrected chi connectivity index (χ2v) is 8.75. The van der Waals surface area contributed by atoms with E-state index in [1.807, 2.05) is 32.0 Å². The van der Waals surface area contributed by atoms with Gasteiger partial charge in [0.15, 0.2) is 0 Å². The predicted octanol–water partition coefficient (Wildman–Crippen LogP) is 4.27. The standard InChI is InChI=1S/C19H22ClN3O2S/c1-14-5-8-17(13-19(14)20)22-21-15(2)16-6-9-18(10-7-16)26(24,25)23-11-3-4-12-23/h5-10,13,22H,3-4,11-12H2,1-2H3/b21-15+. The number of benzene rings is 2. The molecule has 0 unspecified atom stereocenters. The molecule has 1 fully saturated rings. The molecule has 2 aromatic rings. The molecule has 1 aliphatic rings. The Morgan fingerprint density at radius 3 is 2.38 bits per heavy atom. The lowest BCUT2D eigenvalue weighted by molar-refractivity contribution is 0.477. The van der Waals surface area contributed by atoms with Crippen LogP contribution >= 0.6 is 11.6 Å². The number of rotatable bonds is 5. The summed E-state index contributed by atoms with van der Waals surface area (Å²) in [5.41, 5.74) is 6.40. The van der Waals surface area contributed by atoms with Crippen LogP contribution < -0.4 is 5.43 Å². The SMILES string of the molecule is C/C(=N\Nc1ccc(C)c(Cl)c1)c1ccc(S(=O)(=O)N2CCCC2)cc1. The highest BCUT2D eigenvalue weighted by molar-refractivity contribution is 7.89. The molecule has 0 aromatic heterocycles. The molecule has 1 N–H and O–H groups in total. The van der Waals surface area contributed by atoms with Gasteiger partial charge in [0.25, 0.3) is 0 Å². The first-order chi connectivity index (χ1) is 12.4. The largest absolute Gasteiger partial charge is 0.278 e. The molecule has 0 atom stereocenters. The summed E-state index contributed by atoms with van der Waals surface area (Å²) in [5.74, 6) is 0. The number of hydrogen-bond donors (Lipinski definition) is 1. The van der Waals surface area contributed by atoms with Crippen molar-refractivity contribution in [2.45, 2.75) is 31.6 Å². The van der Waals surface area contributed by atoms with Gasteiger partial charge in [0.2, 0.25) is 10.0 Å². The van der Waals surface area contributed by atoms with E-state index >= 15 is 0 Å². The number of sulfonamides is 1. The van der Waals surface area contributed by atoms with E-state index in [9.17, 15) is 8.42 Å². The minimum absolute atomic E-state index is 0.328. The summed E-state index contributed by atoms with van der Waals surface area (Å²) in [5, 5.41) is 5.03. The molecule has 0 spiro atoms. The van der Waals surface area contributed by atoms with Gasteiger partial charge >= 0.3 is 0 Å². The topological polar surface area (TPSA) is 61.8 Å². The maximum atomic E-state index is 12.6. The normalized spacial score (nSPS) is 16.0. The van der Waals surface area contributed by atoms with Crippen molar-refractivity contribution in [3.63, 3.8) is 0 Å². The molecule has 1 aliphatic heterocycles. The van der Waals surface area contributed by atoms with Gasteiger partial charge in [-0.2, -0.15) is 9.41 Å². The van der Waals surface area contributed by atoms with Gasteiger partial charge in [-0.25, -0.2) is 8.42 Å². The van der Waals surface area contributed by atoms with Crippen LogP contribution in [0, 0.1) is 6.92 Å². The highest BCUT2D eigenvalue weighted by Gasteiger charge is 2.26. The van der Waals surface area contributed by atoms with E-state index in [1.165, 1.54) is 0 Å². The zero-order valence-corrected chi connectivity index (χ0v) is 16.4. The van der Waals surface area contributed by atoms with Crippen molar-refractivity contribution in [3.05, 3.63) is 58.6 Å². The van der Waals surface area contributed by atoms with Gasteiger partial charge in [-0.1, -0.05) is 29.8 Å². The molecule has 0 aliphatic carbocycles. The molecular weight excluding hydrogens is 370 g/mol. The molecule has 1 heterocycles. The van der Waals surface area contributed by atoms with Gasteiger partial charge in [0.1, 0.15) is 0 Å². The maximum Gasteiger partial charge on any atom is 0.243 e. The number of anilines is 1. The summed E-state index contributed by atoms with van der Waals surface area (Å²) < 4.78 is 26.7. The van der Waals surface area contributed by atoms with Crippen LogP contribution in [0.4, 0.5) is 5.69 Å². The Morgan fingerprint density at radius 2 is 1.77 bits per heavy atom. The summed E-state index contributed by atoms with van der Waals surface area (Å²) in [6, 6.07) is 12.5. The van der Waals surface area contributed by atoms with Gasteiger partial charge in [-0.05, 0) is 62.1 Å². The average Bonchev–Trinajstić information content (AvgIpc) is 3.18. The van der Waals surface area contributed by atoms with Crippen LogP contribution in [0.2, 0.25) is 5.02 Å². The van der Waals surface area contributed by atoms with Crippen molar-refractivity contribution >= 4 is 33.0 Å². The smallest absolute Gasteiger partial charge is 0.243 e. The Morgan fingerprint density at radius 1 is 1.12 bits per heavy atom. The third-order valence-electron chi connectivity index (χ3n) is 4.50. The molecule has 0 radical (unpaired) electrons. The Hall–Kier alpha value is -1.89. The molecule has 0 amide bonds. The zero-order valence-electron chi connectivity index (χ0n) is 14.9. The van der Waals surface area contributed by atoms with E-state index in [2.05, 4.69) is 10.5 Å². The van der Waals surface area contributed by atoms with Crippen molar-refractivity contribution in [2.75, 3.05) is 18.5 Å². The van der Waals surface area contributed by atoms with E-state index in [0.717, 1.165) is 35.4 Å². The molecule has 7 heteroatoms. The fourth-order valence-corrected chi connectivity index (χ4v) is 4.52. The van der Waals surface area contributed by atoms with Crippen LogP contribution in [0.3, 0.4) is 0 Å². The third kappa shape index (κ3) is 4.09. The van der Waals surface area contributed by atoms with Crippen molar-refractivity contribution in [1.29, 1.82) is 0 Å². The highest BCUT2D eigenvalue weighted by atomic mass is 35.5. The van der Waals surface area contributed by atoms with Crippen LogP contribution in [0.15, 0.2) is 52.5 Å². The number of aryl methyl sites for hydroxylation is 1. The average molecular weight is 392 g/mol. The quantitative estimate of drug-likeness (QED) is 0.611. The van der Waals surface area contributed by atoms with Crippen molar-refractivity contribution in [3.8, 4) is 0 Å². The van der Waals surface area contributed by atoms with Gasteiger partial charge in [-0.3, -0.25) is 5.43 Å². The minimum Gasteiger partial charge on any atom is -0.278 e. The van der Waals surface area contributed by atoms with Crippen LogP contribution in [-0.4, -0.2) is 31.5 Å². The van der Waals surface area contributed by atoms with E-state index in [4.69, 9.17) is 11.6 Å². The molecule has 3 rings (SSSR count). The lowest BCUT2D eigenvalue weighted by Crippen LogP contribution is -2.27. The Kier molecular flexibility index (Phi) is 5.65. The molecule has 1 saturated heterocycles. The Bertz CT molecular complexity index is 918. The summed E-state index contributed by atoms with van der Waals surface area (Å²) in [4.78, 5) is 0.328. The van der Waals surface area contributed by atoms with Crippen molar-refractivity contribution < 1.29 is 8.42 Å². The van der Waals surface area contributed by atoms with Crippen molar-refractivity contribution in [1.82, 2.24) is 4.31 Å². The first kappa shape index (κ1) is 18.9. The predicted molar refractivity (Wildman–Crippen MR) is 106 cm³/mol. The third-order valence-corrected chi connectivity index (χ3v) is 6.82. The van der Waals surface area contributed by atoms with Gasteiger partial charge in [-0.15, -0.1) is 0 Å². The summed E-state index contributed by atoms with van der Waals surface area (Å²) in [7, 11) is -3.38. The van der Waals surface area contributed by atoms with Crippen LogP contribution in [-0.2, 0) is 10.0 Å². The Balaban J connectivity index is 1.73. The van der Waals surface area contributed by atoms with E-state index in [0.29, 0.717) is 23.0 Å². The van der Waals surface area contributed by atoms with E-state index < -0.39 is 10.0 Å². The van der Waals surface area contributed by atoms with Gasteiger partial charge < -0.3 is 0 Å². The fraction of sp³-hybridized carbons (Fsp3) is 0.316. The van der Waals surface area contributed by atoms with Crippen LogP contribution in [0.5, 0.6) is 0 Å². The van der Waals surface area contributed by atoms with Crippen molar-refractivity contribution in [2.24, 2.45) is 5.10 Å². The lowest BCUT2D eigenvalue weighted by Gasteiger charge is -2.15. The van der Waals surface area contributed by atoms with Crippen LogP contribution in [0.1, 0.15) is 30.9 Å². The molecule has 26 heavy (non-hydrogen) atoms. The number of hydrogen-bond acceptors (Lipinski definition) is 4. The second kappa shape index (κ2) is 7.78. The van der Waals surface area contributed by atoms with Gasteiger partial charge in [0, 0.05) is 18.1 Å². The van der Waals surface area contributed by atoms with E-state index in [1.54, 1.807) is 28.6 Å². The number of hydrazone groups is 1. The summed E-state index contributed by atoms with van der Waals surface area (Å²) in [6.07, 6.45) is 1.86. The molecule has 5 nitrogen and oxygen atoms in total. The maximum absolute atomic E-state index is 12.6. The lowest BCUT2D eigenvalue weighted by atomic mass is 10.1. The monoisotopic (exact) mass is 391 g/mol. The highest BCUT2D eigenvalue weighted by Crippen LogP contribution is 2.22. The molecule has 0 bridgehead atoms. The first-order valence-electron chi connectivity index (χ1n) is 8.55. The molecule has 138 valence electrons. The summed E-state index contributed by atoms with van der Waals surface area (Å²) >= 11 is 6.11. The zero-order chi connectivity index (χ0) is 18.7. The number of halogens is 1. The Labute approximate surface area is 159 Å². The number of nitrogens with zero attached hydrogens (tertiary/aromatic N) is 2.